The number of carbonyl (C=O) groups excluding carboxylic acids is 1. The standard InChI is InChI=1S/C18H18O2/c1-14(18(20)16-10-6-3-7-11-16)17(19)13-12-15-8-4-2-5-9-15/h2-14,17,19H,1H3/b13-12+. The second-order valence-corrected chi connectivity index (χ2v) is 4.78. The van der Waals surface area contributed by atoms with Crippen molar-refractivity contribution in [3.8, 4) is 0 Å². The molecule has 0 heterocycles. The maximum absolute atomic E-state index is 12.2. The summed E-state index contributed by atoms with van der Waals surface area (Å²) in [6, 6.07) is 18.8. The molecule has 0 aliphatic rings. The number of carbonyl (C=O) groups is 1. The van der Waals surface area contributed by atoms with E-state index in [-0.39, 0.29) is 5.78 Å². The van der Waals surface area contributed by atoms with Crippen molar-refractivity contribution in [2.75, 3.05) is 0 Å². The SMILES string of the molecule is CC(C(=O)c1ccccc1)C(O)/C=C/c1ccccc1. The van der Waals surface area contributed by atoms with Gasteiger partial charge in [-0.2, -0.15) is 0 Å². The number of ketones is 1. The van der Waals surface area contributed by atoms with Gasteiger partial charge in [0.1, 0.15) is 0 Å². The zero-order valence-corrected chi connectivity index (χ0v) is 11.4. The number of hydrogen-bond acceptors (Lipinski definition) is 2. The molecule has 0 radical (unpaired) electrons. The van der Waals surface area contributed by atoms with Gasteiger partial charge in [-0.15, -0.1) is 0 Å². The van der Waals surface area contributed by atoms with Crippen LogP contribution in [0.1, 0.15) is 22.8 Å². The number of hydrogen-bond donors (Lipinski definition) is 1. The van der Waals surface area contributed by atoms with Crippen molar-refractivity contribution in [3.05, 3.63) is 77.9 Å². The molecule has 0 bridgehead atoms. The molecule has 2 heteroatoms. The van der Waals surface area contributed by atoms with Gasteiger partial charge in [-0.3, -0.25) is 4.79 Å². The Balaban J connectivity index is 2.04. The smallest absolute Gasteiger partial charge is 0.168 e. The summed E-state index contributed by atoms with van der Waals surface area (Å²) in [7, 11) is 0. The quantitative estimate of drug-likeness (QED) is 0.840. The minimum absolute atomic E-state index is 0.0455. The number of aliphatic hydroxyl groups excluding tert-OH is 1. The van der Waals surface area contributed by atoms with E-state index < -0.39 is 12.0 Å². The fourth-order valence-corrected chi connectivity index (χ4v) is 1.96. The highest BCUT2D eigenvalue weighted by Gasteiger charge is 2.20. The fourth-order valence-electron chi connectivity index (χ4n) is 1.96. The molecule has 0 aliphatic heterocycles. The monoisotopic (exact) mass is 266 g/mol. The van der Waals surface area contributed by atoms with Crippen LogP contribution in [0.25, 0.3) is 6.08 Å². The lowest BCUT2D eigenvalue weighted by molar-refractivity contribution is 0.0806. The Morgan fingerprint density at radius 1 is 1.00 bits per heavy atom. The average molecular weight is 266 g/mol. The molecular weight excluding hydrogens is 248 g/mol. The van der Waals surface area contributed by atoms with E-state index in [1.165, 1.54) is 0 Å². The lowest BCUT2D eigenvalue weighted by Crippen LogP contribution is -2.23. The van der Waals surface area contributed by atoms with Gasteiger partial charge in [0.05, 0.1) is 6.10 Å². The third-order valence-corrected chi connectivity index (χ3v) is 3.27. The van der Waals surface area contributed by atoms with Crippen LogP contribution in [0.2, 0.25) is 0 Å². The number of rotatable bonds is 5. The number of Topliss-reactive ketones (excluding diaryl/α,β-unsaturated/α-hetero) is 1. The van der Waals surface area contributed by atoms with E-state index in [0.29, 0.717) is 5.56 Å². The van der Waals surface area contributed by atoms with Crippen LogP contribution in [0.15, 0.2) is 66.7 Å². The predicted octanol–water partition coefficient (Wildman–Crippen LogP) is 3.58. The molecule has 0 aliphatic carbocycles. The molecule has 0 spiro atoms. The molecule has 2 atom stereocenters. The van der Waals surface area contributed by atoms with E-state index in [4.69, 9.17) is 0 Å². The first-order valence-electron chi connectivity index (χ1n) is 6.69. The van der Waals surface area contributed by atoms with E-state index in [0.717, 1.165) is 5.56 Å². The van der Waals surface area contributed by atoms with Crippen LogP contribution in [0.4, 0.5) is 0 Å². The summed E-state index contributed by atoms with van der Waals surface area (Å²) in [5.41, 5.74) is 1.64. The summed E-state index contributed by atoms with van der Waals surface area (Å²) in [6.07, 6.45) is 2.71. The summed E-state index contributed by atoms with van der Waals surface area (Å²) in [4.78, 5) is 12.2. The van der Waals surface area contributed by atoms with Crippen LogP contribution in [0, 0.1) is 5.92 Å². The van der Waals surface area contributed by atoms with Crippen molar-refractivity contribution >= 4 is 11.9 Å². The fraction of sp³-hybridized carbons (Fsp3) is 0.167. The number of benzene rings is 2. The molecule has 2 rings (SSSR count). The minimum atomic E-state index is -0.789. The Labute approximate surface area is 119 Å². The topological polar surface area (TPSA) is 37.3 Å². The van der Waals surface area contributed by atoms with Crippen LogP contribution in [-0.4, -0.2) is 17.0 Å². The van der Waals surface area contributed by atoms with E-state index in [1.54, 1.807) is 25.1 Å². The Morgan fingerprint density at radius 3 is 2.15 bits per heavy atom. The van der Waals surface area contributed by atoms with Crippen LogP contribution >= 0.6 is 0 Å². The summed E-state index contributed by atoms with van der Waals surface area (Å²) in [5, 5.41) is 10.1. The highest BCUT2D eigenvalue weighted by atomic mass is 16.3. The van der Waals surface area contributed by atoms with Gasteiger partial charge < -0.3 is 5.11 Å². The highest BCUT2D eigenvalue weighted by molar-refractivity contribution is 5.98. The third kappa shape index (κ3) is 3.65. The van der Waals surface area contributed by atoms with Crippen LogP contribution in [-0.2, 0) is 0 Å². The molecule has 0 aromatic heterocycles. The van der Waals surface area contributed by atoms with Gasteiger partial charge in [-0.05, 0) is 5.56 Å². The van der Waals surface area contributed by atoms with E-state index in [9.17, 15) is 9.90 Å². The van der Waals surface area contributed by atoms with Crippen molar-refractivity contribution in [2.45, 2.75) is 13.0 Å². The first kappa shape index (κ1) is 14.2. The van der Waals surface area contributed by atoms with Gasteiger partial charge in [-0.1, -0.05) is 79.7 Å². The molecule has 2 aromatic rings. The Morgan fingerprint density at radius 2 is 1.55 bits per heavy atom. The molecule has 0 saturated carbocycles. The van der Waals surface area contributed by atoms with Gasteiger partial charge in [0, 0.05) is 11.5 Å². The van der Waals surface area contributed by atoms with Crippen molar-refractivity contribution in [1.82, 2.24) is 0 Å². The zero-order valence-electron chi connectivity index (χ0n) is 11.4. The molecule has 1 N–H and O–H groups in total. The average Bonchev–Trinajstić information content (AvgIpc) is 2.53. The first-order chi connectivity index (χ1) is 9.68. The molecule has 0 amide bonds. The van der Waals surface area contributed by atoms with E-state index in [2.05, 4.69) is 0 Å². The van der Waals surface area contributed by atoms with Gasteiger partial charge in [-0.25, -0.2) is 0 Å². The molecular formula is C18H18O2. The lowest BCUT2D eigenvalue weighted by Gasteiger charge is -2.14. The molecule has 0 fully saturated rings. The van der Waals surface area contributed by atoms with Crippen molar-refractivity contribution < 1.29 is 9.90 Å². The van der Waals surface area contributed by atoms with Crippen molar-refractivity contribution in [2.24, 2.45) is 5.92 Å². The van der Waals surface area contributed by atoms with Gasteiger partial charge in [0.25, 0.3) is 0 Å². The van der Waals surface area contributed by atoms with Crippen LogP contribution in [0.5, 0.6) is 0 Å². The molecule has 2 nitrogen and oxygen atoms in total. The Hall–Kier alpha value is -2.19. The second kappa shape index (κ2) is 6.83. The summed E-state index contributed by atoms with van der Waals surface area (Å²) < 4.78 is 0. The highest BCUT2D eigenvalue weighted by Crippen LogP contribution is 2.14. The minimum Gasteiger partial charge on any atom is -0.388 e. The molecule has 20 heavy (non-hydrogen) atoms. The Bertz CT molecular complexity index is 573. The maximum Gasteiger partial charge on any atom is 0.168 e. The molecule has 102 valence electrons. The van der Waals surface area contributed by atoms with Gasteiger partial charge >= 0.3 is 0 Å². The lowest BCUT2D eigenvalue weighted by atomic mass is 9.94. The van der Waals surface area contributed by atoms with Crippen LogP contribution in [0.3, 0.4) is 0 Å². The largest absolute Gasteiger partial charge is 0.388 e. The van der Waals surface area contributed by atoms with Gasteiger partial charge in [0.15, 0.2) is 5.78 Å². The van der Waals surface area contributed by atoms with E-state index in [1.807, 2.05) is 54.6 Å². The zero-order chi connectivity index (χ0) is 14.4. The summed E-state index contributed by atoms with van der Waals surface area (Å²) in [5.74, 6) is -0.506. The van der Waals surface area contributed by atoms with Crippen molar-refractivity contribution in [3.63, 3.8) is 0 Å². The summed E-state index contributed by atoms with van der Waals surface area (Å²) in [6.45, 7) is 1.75. The van der Waals surface area contributed by atoms with Crippen molar-refractivity contribution in [1.29, 1.82) is 0 Å². The van der Waals surface area contributed by atoms with Gasteiger partial charge in [0.2, 0.25) is 0 Å². The molecule has 2 aromatic carbocycles. The third-order valence-electron chi connectivity index (χ3n) is 3.27. The number of aliphatic hydroxyl groups is 1. The second-order valence-electron chi connectivity index (χ2n) is 4.78. The first-order valence-corrected chi connectivity index (χ1v) is 6.69. The summed E-state index contributed by atoms with van der Waals surface area (Å²) >= 11 is 0. The van der Waals surface area contributed by atoms with Crippen LogP contribution < -0.4 is 0 Å². The Kier molecular flexibility index (Phi) is 4.85. The van der Waals surface area contributed by atoms with E-state index >= 15 is 0 Å². The predicted molar refractivity (Wildman–Crippen MR) is 81.4 cm³/mol. The molecule has 0 saturated heterocycles. The normalized spacial score (nSPS) is 14.1. The maximum atomic E-state index is 12.2. The molecule has 2 unspecified atom stereocenters.